The minimum absolute atomic E-state index is 0.0392. The number of likely N-dealkylation sites (tertiary alicyclic amines) is 1. The number of carbonyl (C=O) groups is 1. The summed E-state index contributed by atoms with van der Waals surface area (Å²) < 4.78 is 5.34. The zero-order valence-corrected chi connectivity index (χ0v) is 19.7. The third kappa shape index (κ3) is 6.34. The topological polar surface area (TPSA) is 45.7 Å². The summed E-state index contributed by atoms with van der Waals surface area (Å²) in [5.74, 6) is 0.733. The van der Waals surface area contributed by atoms with Crippen LogP contribution in [0.25, 0.3) is 0 Å². The maximum Gasteiger partial charge on any atom is 0.254 e. The molecule has 2 heterocycles. The van der Waals surface area contributed by atoms with E-state index in [-0.39, 0.29) is 11.9 Å². The standard InChI is InChI=1S/C27H30ClN3O2/c1-33-26-6-2-5-23(18-26)27(32)31(20-22-4-3-14-29-19-22)25-12-16-30(17-13-25)15-11-21-7-9-24(28)10-8-21/h2-10,14,18-19,25H,11-13,15-17,20H2,1H3. The van der Waals surface area contributed by atoms with Crippen LogP contribution in [0.2, 0.25) is 5.02 Å². The van der Waals surface area contributed by atoms with Gasteiger partial charge in [-0.1, -0.05) is 35.9 Å². The van der Waals surface area contributed by atoms with E-state index in [9.17, 15) is 4.79 Å². The lowest BCUT2D eigenvalue weighted by Gasteiger charge is -2.38. The number of benzene rings is 2. The van der Waals surface area contributed by atoms with Gasteiger partial charge in [0.15, 0.2) is 0 Å². The van der Waals surface area contributed by atoms with E-state index in [1.54, 1.807) is 13.3 Å². The van der Waals surface area contributed by atoms with E-state index in [0.29, 0.717) is 17.9 Å². The zero-order valence-electron chi connectivity index (χ0n) is 19.0. The molecule has 1 saturated heterocycles. The summed E-state index contributed by atoms with van der Waals surface area (Å²) in [5.41, 5.74) is 3.00. The number of methoxy groups -OCH3 is 1. The Morgan fingerprint density at radius 3 is 2.58 bits per heavy atom. The summed E-state index contributed by atoms with van der Waals surface area (Å²) in [6, 6.07) is 19.6. The van der Waals surface area contributed by atoms with Crippen molar-refractivity contribution in [3.8, 4) is 5.75 Å². The van der Waals surface area contributed by atoms with Crippen LogP contribution in [0.3, 0.4) is 0 Å². The monoisotopic (exact) mass is 463 g/mol. The van der Waals surface area contributed by atoms with Crippen LogP contribution in [0.1, 0.15) is 34.3 Å². The smallest absolute Gasteiger partial charge is 0.254 e. The first-order chi connectivity index (χ1) is 16.1. The highest BCUT2D eigenvalue weighted by Gasteiger charge is 2.29. The Hall–Kier alpha value is -2.89. The predicted molar refractivity (Wildman–Crippen MR) is 132 cm³/mol. The molecule has 1 aromatic heterocycles. The van der Waals surface area contributed by atoms with Crippen molar-refractivity contribution in [3.05, 3.63) is 94.8 Å². The number of ether oxygens (including phenoxy) is 1. The van der Waals surface area contributed by atoms with Crippen LogP contribution in [0.15, 0.2) is 73.1 Å². The van der Waals surface area contributed by atoms with Gasteiger partial charge in [-0.25, -0.2) is 0 Å². The van der Waals surface area contributed by atoms with Gasteiger partial charge in [0.1, 0.15) is 5.75 Å². The normalized spacial score (nSPS) is 14.7. The van der Waals surface area contributed by atoms with Gasteiger partial charge in [-0.15, -0.1) is 0 Å². The van der Waals surface area contributed by atoms with E-state index in [1.807, 2.05) is 59.6 Å². The highest BCUT2D eigenvalue weighted by Crippen LogP contribution is 2.23. The number of carbonyl (C=O) groups excluding carboxylic acids is 1. The molecular formula is C27H30ClN3O2. The van der Waals surface area contributed by atoms with Crippen molar-refractivity contribution in [2.24, 2.45) is 0 Å². The molecule has 0 N–H and O–H groups in total. The zero-order chi connectivity index (χ0) is 23.0. The number of rotatable bonds is 8. The van der Waals surface area contributed by atoms with Crippen molar-refractivity contribution < 1.29 is 9.53 Å². The van der Waals surface area contributed by atoms with Crippen molar-refractivity contribution in [1.82, 2.24) is 14.8 Å². The van der Waals surface area contributed by atoms with Gasteiger partial charge in [0.05, 0.1) is 7.11 Å². The summed E-state index contributed by atoms with van der Waals surface area (Å²) in [6.45, 7) is 3.53. The van der Waals surface area contributed by atoms with Crippen LogP contribution < -0.4 is 4.74 Å². The Kier molecular flexibility index (Phi) is 7.97. The minimum atomic E-state index is 0.0392. The van der Waals surface area contributed by atoms with Crippen molar-refractivity contribution in [1.29, 1.82) is 0 Å². The number of aromatic nitrogens is 1. The lowest BCUT2D eigenvalue weighted by atomic mass is 10.00. The second kappa shape index (κ2) is 11.3. The van der Waals surface area contributed by atoms with Crippen molar-refractivity contribution in [3.63, 3.8) is 0 Å². The van der Waals surface area contributed by atoms with Gasteiger partial charge in [-0.2, -0.15) is 0 Å². The lowest BCUT2D eigenvalue weighted by molar-refractivity contribution is 0.0550. The molecule has 0 spiro atoms. The van der Waals surface area contributed by atoms with Gasteiger partial charge in [0.2, 0.25) is 0 Å². The molecule has 4 rings (SSSR count). The summed E-state index contributed by atoms with van der Waals surface area (Å²) >= 11 is 6.00. The highest BCUT2D eigenvalue weighted by molar-refractivity contribution is 6.30. The van der Waals surface area contributed by atoms with Gasteiger partial charge < -0.3 is 14.5 Å². The van der Waals surface area contributed by atoms with Crippen LogP contribution in [0.4, 0.5) is 0 Å². The van der Waals surface area contributed by atoms with E-state index in [4.69, 9.17) is 16.3 Å². The average molecular weight is 464 g/mol. The van der Waals surface area contributed by atoms with Gasteiger partial charge >= 0.3 is 0 Å². The molecule has 172 valence electrons. The number of amides is 1. The summed E-state index contributed by atoms with van der Waals surface area (Å²) in [4.78, 5) is 22.3. The van der Waals surface area contributed by atoms with Gasteiger partial charge in [-0.05, 0) is 66.8 Å². The van der Waals surface area contributed by atoms with Gasteiger partial charge in [0, 0.05) is 55.2 Å². The SMILES string of the molecule is COc1cccc(C(=O)N(Cc2cccnc2)C2CCN(CCc3ccc(Cl)cc3)CC2)c1. The molecule has 0 unspecified atom stereocenters. The van der Waals surface area contributed by atoms with Crippen LogP contribution in [-0.4, -0.2) is 53.5 Å². The molecule has 0 saturated carbocycles. The Balaban J connectivity index is 1.42. The fourth-order valence-electron chi connectivity index (χ4n) is 4.37. The Morgan fingerprint density at radius 2 is 1.88 bits per heavy atom. The lowest BCUT2D eigenvalue weighted by Crippen LogP contribution is -2.47. The maximum atomic E-state index is 13.6. The molecule has 2 aromatic carbocycles. The molecule has 33 heavy (non-hydrogen) atoms. The second-order valence-corrected chi connectivity index (χ2v) is 8.91. The van der Waals surface area contributed by atoms with Crippen LogP contribution in [-0.2, 0) is 13.0 Å². The number of hydrogen-bond acceptors (Lipinski definition) is 4. The molecule has 3 aromatic rings. The molecule has 1 fully saturated rings. The molecular weight excluding hydrogens is 434 g/mol. The molecule has 5 nitrogen and oxygen atoms in total. The third-order valence-corrected chi connectivity index (χ3v) is 6.53. The van der Waals surface area contributed by atoms with Crippen molar-refractivity contribution in [2.75, 3.05) is 26.7 Å². The predicted octanol–water partition coefficient (Wildman–Crippen LogP) is 5.09. The van der Waals surface area contributed by atoms with Gasteiger partial charge in [-0.3, -0.25) is 9.78 Å². The Morgan fingerprint density at radius 1 is 1.09 bits per heavy atom. The largest absolute Gasteiger partial charge is 0.497 e. The fraction of sp³-hybridized carbons (Fsp3) is 0.333. The van der Waals surface area contributed by atoms with E-state index < -0.39 is 0 Å². The van der Waals surface area contributed by atoms with Crippen LogP contribution in [0.5, 0.6) is 5.75 Å². The average Bonchev–Trinajstić information content (AvgIpc) is 2.87. The van der Waals surface area contributed by atoms with Crippen molar-refractivity contribution >= 4 is 17.5 Å². The maximum absolute atomic E-state index is 13.6. The summed E-state index contributed by atoms with van der Waals surface area (Å²) in [5, 5.41) is 0.772. The number of halogens is 1. The van der Waals surface area contributed by atoms with Gasteiger partial charge in [0.25, 0.3) is 5.91 Å². The second-order valence-electron chi connectivity index (χ2n) is 8.48. The van der Waals surface area contributed by atoms with Crippen LogP contribution >= 0.6 is 11.6 Å². The third-order valence-electron chi connectivity index (χ3n) is 6.28. The molecule has 1 amide bonds. The first-order valence-electron chi connectivity index (χ1n) is 11.4. The van der Waals surface area contributed by atoms with E-state index in [1.165, 1.54) is 5.56 Å². The van der Waals surface area contributed by atoms with Crippen LogP contribution in [0, 0.1) is 0 Å². The molecule has 0 aliphatic carbocycles. The number of pyridine rings is 1. The minimum Gasteiger partial charge on any atom is -0.497 e. The first kappa shape index (κ1) is 23.3. The van der Waals surface area contributed by atoms with E-state index in [2.05, 4.69) is 22.0 Å². The van der Waals surface area contributed by atoms with Crippen molar-refractivity contribution in [2.45, 2.75) is 31.8 Å². The Labute approximate surface area is 201 Å². The number of nitrogens with zero attached hydrogens (tertiary/aromatic N) is 3. The highest BCUT2D eigenvalue weighted by atomic mass is 35.5. The summed E-state index contributed by atoms with van der Waals surface area (Å²) in [6.07, 6.45) is 6.52. The molecule has 1 aliphatic heterocycles. The molecule has 6 heteroatoms. The first-order valence-corrected chi connectivity index (χ1v) is 11.8. The number of hydrogen-bond donors (Lipinski definition) is 0. The summed E-state index contributed by atoms with van der Waals surface area (Å²) in [7, 11) is 1.62. The van der Waals surface area contributed by atoms with E-state index >= 15 is 0 Å². The molecule has 1 aliphatic rings. The molecule has 0 atom stereocenters. The fourth-order valence-corrected chi connectivity index (χ4v) is 4.50. The number of piperidine rings is 1. The molecule has 0 bridgehead atoms. The van der Waals surface area contributed by atoms with E-state index in [0.717, 1.165) is 49.5 Å². The quantitative estimate of drug-likeness (QED) is 0.466. The Bertz CT molecular complexity index is 1030. The molecule has 0 radical (unpaired) electrons.